The second kappa shape index (κ2) is 8.10. The van der Waals surface area contributed by atoms with E-state index in [4.69, 9.17) is 21.7 Å². The highest BCUT2D eigenvalue weighted by Crippen LogP contribution is 2.29. The molecule has 6 heteroatoms. The summed E-state index contributed by atoms with van der Waals surface area (Å²) in [5.41, 5.74) is 3.49. The molecule has 0 fully saturated rings. The molecule has 0 aromatic heterocycles. The van der Waals surface area contributed by atoms with Gasteiger partial charge in [-0.05, 0) is 24.4 Å². The molecule has 102 valence electrons. The largest absolute Gasteiger partial charge is 0.493 e. The zero-order chi connectivity index (χ0) is 14.1. The maximum atomic E-state index is 5.28. The third-order valence-corrected chi connectivity index (χ3v) is 2.45. The lowest BCUT2D eigenvalue weighted by Gasteiger charge is -2.09. The number of hydrazone groups is 1. The zero-order valence-corrected chi connectivity index (χ0v) is 11.8. The standard InChI is InChI=1S/C13H17N3O2S/c1-4-8-14-13(19)16-15-9-10-6-5-7-11(17-2)12(10)18-3/h4-7,9H,1,8H2,2-3H3,(H2,14,16,19)/b15-9-. The maximum absolute atomic E-state index is 5.28. The van der Waals surface area contributed by atoms with Crippen molar-refractivity contribution in [1.82, 2.24) is 10.7 Å². The molecular weight excluding hydrogens is 262 g/mol. The maximum Gasteiger partial charge on any atom is 0.187 e. The molecule has 0 heterocycles. The second-order valence-corrected chi connectivity index (χ2v) is 3.86. The predicted octanol–water partition coefficient (Wildman–Crippen LogP) is 1.69. The Morgan fingerprint density at radius 3 is 2.84 bits per heavy atom. The highest BCUT2D eigenvalue weighted by Gasteiger charge is 2.06. The lowest BCUT2D eigenvalue weighted by atomic mass is 10.2. The summed E-state index contributed by atoms with van der Waals surface area (Å²) in [4.78, 5) is 0. The summed E-state index contributed by atoms with van der Waals surface area (Å²) in [6.45, 7) is 4.17. The summed E-state index contributed by atoms with van der Waals surface area (Å²) < 4.78 is 10.5. The molecule has 0 spiro atoms. The molecule has 19 heavy (non-hydrogen) atoms. The van der Waals surface area contributed by atoms with Crippen molar-refractivity contribution < 1.29 is 9.47 Å². The van der Waals surface area contributed by atoms with Crippen LogP contribution in [0.4, 0.5) is 0 Å². The van der Waals surface area contributed by atoms with Crippen molar-refractivity contribution in [2.45, 2.75) is 0 Å². The van der Waals surface area contributed by atoms with E-state index in [1.165, 1.54) is 0 Å². The monoisotopic (exact) mass is 279 g/mol. The highest BCUT2D eigenvalue weighted by atomic mass is 32.1. The van der Waals surface area contributed by atoms with Crippen LogP contribution in [0.5, 0.6) is 11.5 Å². The molecule has 0 bridgehead atoms. The molecule has 0 saturated heterocycles. The fourth-order valence-electron chi connectivity index (χ4n) is 1.38. The van der Waals surface area contributed by atoms with Crippen LogP contribution >= 0.6 is 12.2 Å². The molecular formula is C13H17N3O2S. The first-order valence-electron chi connectivity index (χ1n) is 5.61. The Morgan fingerprint density at radius 2 is 2.21 bits per heavy atom. The second-order valence-electron chi connectivity index (χ2n) is 3.45. The van der Waals surface area contributed by atoms with Crippen LogP contribution in [0.2, 0.25) is 0 Å². The fourth-order valence-corrected chi connectivity index (χ4v) is 1.51. The van der Waals surface area contributed by atoms with E-state index in [1.807, 2.05) is 18.2 Å². The van der Waals surface area contributed by atoms with Crippen LogP contribution in [0.25, 0.3) is 0 Å². The number of hydrogen-bond donors (Lipinski definition) is 2. The van der Waals surface area contributed by atoms with Gasteiger partial charge in [-0.3, -0.25) is 5.43 Å². The molecule has 0 amide bonds. The van der Waals surface area contributed by atoms with E-state index in [0.29, 0.717) is 23.2 Å². The Bertz CT molecular complexity index is 475. The minimum Gasteiger partial charge on any atom is -0.493 e. The number of benzene rings is 1. The zero-order valence-electron chi connectivity index (χ0n) is 11.0. The minimum absolute atomic E-state index is 0.429. The van der Waals surface area contributed by atoms with Gasteiger partial charge in [0.25, 0.3) is 0 Å². The quantitative estimate of drug-likeness (QED) is 0.359. The number of ether oxygens (including phenoxy) is 2. The SMILES string of the molecule is C=CCNC(=S)N/N=C\c1cccc(OC)c1OC. The molecule has 0 aliphatic carbocycles. The van der Waals surface area contributed by atoms with E-state index in [0.717, 1.165) is 5.56 Å². The Hall–Kier alpha value is -2.08. The minimum atomic E-state index is 0.429. The van der Waals surface area contributed by atoms with Gasteiger partial charge in [-0.15, -0.1) is 6.58 Å². The Balaban J connectivity index is 2.71. The Kier molecular flexibility index (Phi) is 6.38. The number of hydrogen-bond acceptors (Lipinski definition) is 4. The molecule has 0 radical (unpaired) electrons. The van der Waals surface area contributed by atoms with E-state index in [-0.39, 0.29) is 0 Å². The number of nitrogens with zero attached hydrogens (tertiary/aromatic N) is 1. The summed E-state index contributed by atoms with van der Waals surface area (Å²) in [7, 11) is 3.17. The molecule has 1 aromatic carbocycles. The van der Waals surface area contributed by atoms with E-state index < -0.39 is 0 Å². The summed E-state index contributed by atoms with van der Waals surface area (Å²) in [5, 5.41) is 7.36. The fraction of sp³-hybridized carbons (Fsp3) is 0.231. The summed E-state index contributed by atoms with van der Waals surface area (Å²) in [6, 6.07) is 5.55. The molecule has 0 aliphatic rings. The van der Waals surface area contributed by atoms with E-state index >= 15 is 0 Å². The van der Waals surface area contributed by atoms with Gasteiger partial charge in [-0.2, -0.15) is 5.10 Å². The van der Waals surface area contributed by atoms with E-state index in [2.05, 4.69) is 22.4 Å². The number of thiocarbonyl (C=S) groups is 1. The van der Waals surface area contributed by atoms with Crippen molar-refractivity contribution in [2.75, 3.05) is 20.8 Å². The predicted molar refractivity (Wildman–Crippen MR) is 81.1 cm³/mol. The molecule has 0 atom stereocenters. The van der Waals surface area contributed by atoms with Crippen LogP contribution in [0, 0.1) is 0 Å². The van der Waals surface area contributed by atoms with Gasteiger partial charge in [0.2, 0.25) is 0 Å². The number of nitrogens with one attached hydrogen (secondary N) is 2. The van der Waals surface area contributed by atoms with Gasteiger partial charge in [-0.1, -0.05) is 12.1 Å². The number of para-hydroxylation sites is 1. The normalized spacial score (nSPS) is 10.0. The van der Waals surface area contributed by atoms with Gasteiger partial charge in [0, 0.05) is 12.1 Å². The van der Waals surface area contributed by atoms with Crippen LogP contribution in [-0.2, 0) is 0 Å². The third kappa shape index (κ3) is 4.59. The van der Waals surface area contributed by atoms with Gasteiger partial charge in [-0.25, -0.2) is 0 Å². The summed E-state index contributed by atoms with van der Waals surface area (Å²) in [5.74, 6) is 1.28. The van der Waals surface area contributed by atoms with Gasteiger partial charge < -0.3 is 14.8 Å². The molecule has 5 nitrogen and oxygen atoms in total. The molecule has 0 saturated carbocycles. The highest BCUT2D eigenvalue weighted by molar-refractivity contribution is 7.80. The first kappa shape index (κ1) is 15.0. The molecule has 0 aliphatic heterocycles. The van der Waals surface area contributed by atoms with Crippen LogP contribution in [0.3, 0.4) is 0 Å². The number of methoxy groups -OCH3 is 2. The van der Waals surface area contributed by atoms with Crippen LogP contribution in [0.1, 0.15) is 5.56 Å². The molecule has 1 aromatic rings. The van der Waals surface area contributed by atoms with Crippen molar-refractivity contribution in [3.8, 4) is 11.5 Å². The Labute approximate surface area is 118 Å². The summed E-state index contributed by atoms with van der Waals surface area (Å²) >= 11 is 5.01. The molecule has 1 rings (SSSR count). The Morgan fingerprint density at radius 1 is 1.42 bits per heavy atom. The van der Waals surface area contributed by atoms with Crippen molar-refractivity contribution in [3.63, 3.8) is 0 Å². The van der Waals surface area contributed by atoms with Crippen LogP contribution < -0.4 is 20.2 Å². The molecule has 2 N–H and O–H groups in total. The van der Waals surface area contributed by atoms with Gasteiger partial charge in [0.1, 0.15) is 0 Å². The average Bonchev–Trinajstić information content (AvgIpc) is 2.44. The lowest BCUT2D eigenvalue weighted by Crippen LogP contribution is -2.31. The van der Waals surface area contributed by atoms with E-state index in [9.17, 15) is 0 Å². The van der Waals surface area contributed by atoms with Gasteiger partial charge >= 0.3 is 0 Å². The molecule has 0 unspecified atom stereocenters. The number of rotatable bonds is 6. The first-order chi connectivity index (χ1) is 9.22. The van der Waals surface area contributed by atoms with Crippen molar-refractivity contribution in [2.24, 2.45) is 5.10 Å². The first-order valence-corrected chi connectivity index (χ1v) is 6.02. The van der Waals surface area contributed by atoms with E-state index in [1.54, 1.807) is 26.5 Å². The van der Waals surface area contributed by atoms with Crippen molar-refractivity contribution in [1.29, 1.82) is 0 Å². The van der Waals surface area contributed by atoms with Crippen LogP contribution in [0.15, 0.2) is 36.0 Å². The van der Waals surface area contributed by atoms with Crippen LogP contribution in [-0.4, -0.2) is 32.1 Å². The summed E-state index contributed by atoms with van der Waals surface area (Å²) in [6.07, 6.45) is 3.33. The van der Waals surface area contributed by atoms with Gasteiger partial charge in [0.05, 0.1) is 20.4 Å². The van der Waals surface area contributed by atoms with Gasteiger partial charge in [0.15, 0.2) is 16.6 Å². The average molecular weight is 279 g/mol. The third-order valence-electron chi connectivity index (χ3n) is 2.21. The smallest absolute Gasteiger partial charge is 0.187 e. The van der Waals surface area contributed by atoms with Crippen molar-refractivity contribution in [3.05, 3.63) is 36.4 Å². The lowest BCUT2D eigenvalue weighted by molar-refractivity contribution is 0.354. The van der Waals surface area contributed by atoms with Crippen molar-refractivity contribution >= 4 is 23.5 Å². The topological polar surface area (TPSA) is 54.9 Å².